The summed E-state index contributed by atoms with van der Waals surface area (Å²) in [6.07, 6.45) is 0.120. The normalized spacial score (nSPS) is 16.8. The number of allylic oxidation sites excluding steroid dienone is 1. The lowest BCUT2D eigenvalue weighted by atomic mass is 9.81. The van der Waals surface area contributed by atoms with Crippen LogP contribution in [0.5, 0.6) is 5.75 Å². The Morgan fingerprint density at radius 2 is 1.42 bits per heavy atom. The standard InChI is InChI=1S/C28H26F4O/c1-3-5-7-17-8-10-18(11-9-17)16-33-22-15-14-21-20-13-12-19(6-4-2)25(29)23(20)27(31)28(32)24(21)26(22)30/h3,8-15,27-28H,1,4-7,16H2,2H3. The monoisotopic (exact) mass is 454 g/mol. The van der Waals surface area contributed by atoms with Crippen molar-refractivity contribution >= 4 is 0 Å². The fourth-order valence-electron chi connectivity index (χ4n) is 4.32. The second-order valence-corrected chi connectivity index (χ2v) is 8.32. The van der Waals surface area contributed by atoms with Gasteiger partial charge in [-0.25, -0.2) is 17.6 Å². The second-order valence-electron chi connectivity index (χ2n) is 8.32. The summed E-state index contributed by atoms with van der Waals surface area (Å²) in [6.45, 7) is 5.67. The van der Waals surface area contributed by atoms with Crippen molar-refractivity contribution in [2.45, 2.75) is 51.6 Å². The maximum absolute atomic E-state index is 15.2. The molecule has 3 aromatic rings. The summed E-state index contributed by atoms with van der Waals surface area (Å²) in [5, 5.41) is 0. The van der Waals surface area contributed by atoms with Crippen LogP contribution in [0.1, 0.15) is 59.9 Å². The Labute approximate surface area is 191 Å². The number of hydrogen-bond acceptors (Lipinski definition) is 1. The molecule has 33 heavy (non-hydrogen) atoms. The van der Waals surface area contributed by atoms with Gasteiger partial charge in [-0.3, -0.25) is 0 Å². The molecule has 0 N–H and O–H groups in total. The fourth-order valence-corrected chi connectivity index (χ4v) is 4.32. The predicted octanol–water partition coefficient (Wildman–Crippen LogP) is 8.32. The first-order chi connectivity index (χ1) is 16.0. The average Bonchev–Trinajstić information content (AvgIpc) is 2.82. The zero-order valence-electron chi connectivity index (χ0n) is 18.5. The van der Waals surface area contributed by atoms with Crippen molar-refractivity contribution < 1.29 is 22.3 Å². The van der Waals surface area contributed by atoms with E-state index in [4.69, 9.17) is 4.74 Å². The number of alkyl halides is 2. The molecule has 4 rings (SSSR count). The van der Waals surface area contributed by atoms with Crippen LogP contribution in [0.4, 0.5) is 17.6 Å². The molecule has 2 atom stereocenters. The minimum atomic E-state index is -2.31. The molecular weight excluding hydrogens is 428 g/mol. The molecule has 1 aliphatic carbocycles. The van der Waals surface area contributed by atoms with E-state index in [9.17, 15) is 8.78 Å². The molecule has 0 radical (unpaired) electrons. The van der Waals surface area contributed by atoms with Gasteiger partial charge >= 0.3 is 0 Å². The summed E-state index contributed by atoms with van der Waals surface area (Å²) in [5.74, 6) is -1.85. The van der Waals surface area contributed by atoms with Crippen molar-refractivity contribution in [1.82, 2.24) is 0 Å². The van der Waals surface area contributed by atoms with Crippen molar-refractivity contribution in [3.05, 3.63) is 101 Å². The summed E-state index contributed by atoms with van der Waals surface area (Å²) < 4.78 is 65.8. The average molecular weight is 455 g/mol. The van der Waals surface area contributed by atoms with Crippen LogP contribution in [0.15, 0.2) is 61.2 Å². The Morgan fingerprint density at radius 1 is 0.818 bits per heavy atom. The van der Waals surface area contributed by atoms with Crippen LogP contribution in [0.3, 0.4) is 0 Å². The van der Waals surface area contributed by atoms with E-state index in [0.29, 0.717) is 18.4 Å². The molecule has 5 heteroatoms. The number of ether oxygens (including phenoxy) is 1. The first kappa shape index (κ1) is 23.1. The molecule has 1 aliphatic rings. The van der Waals surface area contributed by atoms with E-state index in [1.54, 1.807) is 12.1 Å². The van der Waals surface area contributed by atoms with Gasteiger partial charge in [0, 0.05) is 11.1 Å². The first-order valence-corrected chi connectivity index (χ1v) is 11.2. The zero-order valence-corrected chi connectivity index (χ0v) is 18.5. The Morgan fingerprint density at radius 3 is 2.06 bits per heavy atom. The number of benzene rings is 3. The molecule has 2 unspecified atom stereocenters. The molecule has 0 saturated carbocycles. The Hall–Kier alpha value is -3.08. The quantitative estimate of drug-likeness (QED) is 0.246. The van der Waals surface area contributed by atoms with Crippen molar-refractivity contribution in [2.75, 3.05) is 0 Å². The molecule has 1 nitrogen and oxygen atoms in total. The zero-order chi connectivity index (χ0) is 23.5. The van der Waals surface area contributed by atoms with E-state index >= 15 is 8.78 Å². The van der Waals surface area contributed by atoms with Crippen LogP contribution in [-0.2, 0) is 19.4 Å². The van der Waals surface area contributed by atoms with Crippen molar-refractivity contribution in [2.24, 2.45) is 0 Å². The smallest absolute Gasteiger partial charge is 0.171 e. The van der Waals surface area contributed by atoms with E-state index in [-0.39, 0.29) is 29.0 Å². The Kier molecular flexibility index (Phi) is 6.87. The highest BCUT2D eigenvalue weighted by Gasteiger charge is 2.39. The summed E-state index contributed by atoms with van der Waals surface area (Å²) in [4.78, 5) is 0. The molecule has 172 valence electrons. The minimum Gasteiger partial charge on any atom is -0.486 e. The lowest BCUT2D eigenvalue weighted by Gasteiger charge is -2.28. The summed E-state index contributed by atoms with van der Waals surface area (Å²) in [7, 11) is 0. The molecule has 0 amide bonds. The Balaban J connectivity index is 1.61. The highest BCUT2D eigenvalue weighted by molar-refractivity contribution is 5.76. The van der Waals surface area contributed by atoms with Crippen molar-refractivity contribution in [3.8, 4) is 16.9 Å². The van der Waals surface area contributed by atoms with E-state index in [0.717, 1.165) is 24.0 Å². The molecule has 0 aromatic heterocycles. The second kappa shape index (κ2) is 9.82. The third kappa shape index (κ3) is 4.41. The maximum atomic E-state index is 15.2. The summed E-state index contributed by atoms with van der Waals surface area (Å²) in [5.41, 5.74) is 1.91. The third-order valence-corrected chi connectivity index (χ3v) is 6.08. The molecular formula is C28H26F4O. The van der Waals surface area contributed by atoms with Gasteiger partial charge in [0.2, 0.25) is 0 Å². The van der Waals surface area contributed by atoms with Gasteiger partial charge < -0.3 is 4.74 Å². The lowest BCUT2D eigenvalue weighted by molar-refractivity contribution is 0.158. The van der Waals surface area contributed by atoms with E-state index in [1.165, 1.54) is 12.1 Å². The Bertz CT molecular complexity index is 1150. The molecule has 0 fully saturated rings. The van der Waals surface area contributed by atoms with E-state index < -0.39 is 29.5 Å². The van der Waals surface area contributed by atoms with Gasteiger partial charge in [-0.2, -0.15) is 0 Å². The van der Waals surface area contributed by atoms with Gasteiger partial charge in [-0.05, 0) is 53.1 Å². The van der Waals surface area contributed by atoms with Crippen LogP contribution in [0, 0.1) is 11.6 Å². The molecule has 0 saturated heterocycles. The molecule has 0 heterocycles. The van der Waals surface area contributed by atoms with Gasteiger partial charge in [0.25, 0.3) is 0 Å². The van der Waals surface area contributed by atoms with Crippen molar-refractivity contribution in [3.63, 3.8) is 0 Å². The SMILES string of the molecule is C=CCCc1ccc(COc2ccc3c(c2F)C(F)C(F)c2c-3ccc(CCC)c2F)cc1. The number of halogens is 4. The van der Waals surface area contributed by atoms with Crippen LogP contribution >= 0.6 is 0 Å². The molecule has 3 aromatic carbocycles. The van der Waals surface area contributed by atoms with Gasteiger partial charge in [0.15, 0.2) is 23.9 Å². The van der Waals surface area contributed by atoms with Crippen LogP contribution in [0.2, 0.25) is 0 Å². The molecule has 0 aliphatic heterocycles. The van der Waals surface area contributed by atoms with Crippen LogP contribution < -0.4 is 4.74 Å². The summed E-state index contributed by atoms with van der Waals surface area (Å²) in [6, 6.07) is 13.7. The van der Waals surface area contributed by atoms with Gasteiger partial charge in [0.1, 0.15) is 12.4 Å². The van der Waals surface area contributed by atoms with Crippen LogP contribution in [0.25, 0.3) is 11.1 Å². The first-order valence-electron chi connectivity index (χ1n) is 11.2. The van der Waals surface area contributed by atoms with Gasteiger partial charge in [-0.1, -0.05) is 61.9 Å². The number of rotatable bonds is 8. The highest BCUT2D eigenvalue weighted by atomic mass is 19.2. The molecule has 0 spiro atoms. The van der Waals surface area contributed by atoms with E-state index in [2.05, 4.69) is 6.58 Å². The number of fused-ring (bicyclic) bond motifs is 3. The number of aryl methyl sites for hydroxylation is 2. The third-order valence-electron chi connectivity index (χ3n) is 6.08. The maximum Gasteiger partial charge on any atom is 0.171 e. The van der Waals surface area contributed by atoms with E-state index in [1.807, 2.05) is 37.3 Å². The topological polar surface area (TPSA) is 9.23 Å². The fraction of sp³-hybridized carbons (Fsp3) is 0.286. The van der Waals surface area contributed by atoms with Gasteiger partial charge in [-0.15, -0.1) is 6.58 Å². The lowest BCUT2D eigenvalue weighted by Crippen LogP contribution is -2.16. The van der Waals surface area contributed by atoms with Crippen LogP contribution in [-0.4, -0.2) is 0 Å². The summed E-state index contributed by atoms with van der Waals surface area (Å²) >= 11 is 0. The highest BCUT2D eigenvalue weighted by Crippen LogP contribution is 2.51. The molecule has 0 bridgehead atoms. The largest absolute Gasteiger partial charge is 0.486 e. The minimum absolute atomic E-state index is 0.0824. The van der Waals surface area contributed by atoms with Gasteiger partial charge in [0.05, 0.1) is 0 Å². The number of hydrogen-bond donors (Lipinski definition) is 0. The predicted molar refractivity (Wildman–Crippen MR) is 123 cm³/mol. The van der Waals surface area contributed by atoms with Crippen molar-refractivity contribution in [1.29, 1.82) is 0 Å².